The van der Waals surface area contributed by atoms with Crippen molar-refractivity contribution in [2.45, 2.75) is 39.1 Å². The van der Waals surface area contributed by atoms with Crippen molar-refractivity contribution in [2.75, 3.05) is 0 Å². The third-order valence-corrected chi connectivity index (χ3v) is 3.11. The fourth-order valence-electron chi connectivity index (χ4n) is 1.59. The molecule has 0 aliphatic carbocycles. The van der Waals surface area contributed by atoms with Crippen LogP contribution in [0.3, 0.4) is 0 Å². The van der Waals surface area contributed by atoms with Gasteiger partial charge in [0.2, 0.25) is 0 Å². The highest BCUT2D eigenvalue weighted by Gasteiger charge is 2.25. The molecule has 0 atom stereocenters. The average Bonchev–Trinajstić information content (AvgIpc) is 2.16. The van der Waals surface area contributed by atoms with E-state index in [0.29, 0.717) is 5.56 Å². The van der Waals surface area contributed by atoms with Crippen molar-refractivity contribution in [2.24, 2.45) is 0 Å². The Morgan fingerprint density at radius 3 is 2.22 bits per heavy atom. The van der Waals surface area contributed by atoms with E-state index in [1.807, 2.05) is 13.8 Å². The van der Waals surface area contributed by atoms with Crippen LogP contribution in [0, 0.1) is 23.5 Å². The molecule has 0 aliphatic heterocycles. The summed E-state index contributed by atoms with van der Waals surface area (Å²) in [6.07, 6.45) is 0. The van der Waals surface area contributed by atoms with E-state index in [-0.39, 0.29) is 0 Å². The van der Waals surface area contributed by atoms with Gasteiger partial charge in [-0.2, -0.15) is 0 Å². The van der Waals surface area contributed by atoms with Crippen LogP contribution in [0.5, 0.6) is 0 Å². The first-order chi connectivity index (χ1) is 8.09. The molecular weight excluding hydrogens is 250 g/mol. The van der Waals surface area contributed by atoms with Crippen LogP contribution in [0.2, 0.25) is 19.6 Å². The van der Waals surface area contributed by atoms with Crippen LogP contribution in [-0.4, -0.2) is 13.9 Å². The van der Waals surface area contributed by atoms with E-state index in [2.05, 4.69) is 31.5 Å². The third-order valence-electron chi connectivity index (χ3n) is 1.99. The lowest BCUT2D eigenvalue weighted by Gasteiger charge is -2.28. The predicted octanol–water partition coefficient (Wildman–Crippen LogP) is 3.95. The van der Waals surface area contributed by atoms with Crippen LogP contribution in [0.4, 0.5) is 8.78 Å². The maximum Gasteiger partial charge on any atom is 0.185 e. The van der Waals surface area contributed by atoms with Gasteiger partial charge in [0.15, 0.2) is 20.0 Å². The van der Waals surface area contributed by atoms with Crippen molar-refractivity contribution in [1.29, 1.82) is 0 Å². The van der Waals surface area contributed by atoms with Crippen LogP contribution in [0.1, 0.15) is 19.4 Å². The minimum Gasteiger partial charge on any atom is -0.402 e. The van der Waals surface area contributed by atoms with Crippen molar-refractivity contribution in [3.05, 3.63) is 35.4 Å². The largest absolute Gasteiger partial charge is 0.402 e. The van der Waals surface area contributed by atoms with E-state index < -0.39 is 25.6 Å². The van der Waals surface area contributed by atoms with Crippen molar-refractivity contribution >= 4 is 8.32 Å². The number of benzene rings is 1. The monoisotopic (exact) mass is 268 g/mol. The molecule has 1 aromatic carbocycles. The van der Waals surface area contributed by atoms with Gasteiger partial charge in [-0.1, -0.05) is 11.8 Å². The molecule has 4 heteroatoms. The van der Waals surface area contributed by atoms with Gasteiger partial charge in [-0.15, -0.1) is 0 Å². The SMILES string of the molecule is CC(C)(C#Cc1ccc(F)c(F)c1)O[Si](C)(C)C. The second-order valence-corrected chi connectivity index (χ2v) is 10.0. The molecule has 0 bridgehead atoms. The highest BCUT2D eigenvalue weighted by Crippen LogP contribution is 2.16. The zero-order valence-electron chi connectivity index (χ0n) is 11.4. The number of halogens is 2. The minimum atomic E-state index is -1.69. The van der Waals surface area contributed by atoms with E-state index in [1.54, 1.807) is 0 Å². The topological polar surface area (TPSA) is 9.23 Å². The Bertz CT molecular complexity index is 493. The van der Waals surface area contributed by atoms with Gasteiger partial charge in [0.05, 0.1) is 0 Å². The summed E-state index contributed by atoms with van der Waals surface area (Å²) in [5.74, 6) is 4.02. The zero-order chi connectivity index (χ0) is 14.0. The van der Waals surface area contributed by atoms with Crippen LogP contribution in [0.25, 0.3) is 0 Å². The molecule has 98 valence electrons. The Hall–Kier alpha value is -1.18. The maximum atomic E-state index is 13.0. The lowest BCUT2D eigenvalue weighted by atomic mass is 10.1. The van der Waals surface area contributed by atoms with Gasteiger partial charge in [-0.05, 0) is 51.7 Å². The molecular formula is C14H18F2OSi. The molecule has 0 saturated carbocycles. The van der Waals surface area contributed by atoms with Gasteiger partial charge in [0.25, 0.3) is 0 Å². The summed E-state index contributed by atoms with van der Waals surface area (Å²) in [6.45, 7) is 9.98. The number of rotatable bonds is 2. The van der Waals surface area contributed by atoms with E-state index in [4.69, 9.17) is 4.43 Å². The van der Waals surface area contributed by atoms with Gasteiger partial charge < -0.3 is 4.43 Å². The van der Waals surface area contributed by atoms with E-state index in [0.717, 1.165) is 12.1 Å². The van der Waals surface area contributed by atoms with Crippen molar-refractivity contribution in [3.8, 4) is 11.8 Å². The lowest BCUT2D eigenvalue weighted by molar-refractivity contribution is 0.164. The Kier molecular flexibility index (Phi) is 4.31. The van der Waals surface area contributed by atoms with Crippen molar-refractivity contribution < 1.29 is 13.2 Å². The normalized spacial score (nSPS) is 11.9. The zero-order valence-corrected chi connectivity index (χ0v) is 12.4. The Morgan fingerprint density at radius 1 is 1.11 bits per heavy atom. The molecule has 0 radical (unpaired) electrons. The fraction of sp³-hybridized carbons (Fsp3) is 0.429. The molecule has 1 aromatic rings. The molecule has 0 N–H and O–H groups in total. The van der Waals surface area contributed by atoms with Crippen LogP contribution >= 0.6 is 0 Å². The fourth-order valence-corrected chi connectivity index (χ4v) is 3.17. The Labute approximate surface area is 108 Å². The van der Waals surface area contributed by atoms with Gasteiger partial charge >= 0.3 is 0 Å². The molecule has 0 spiro atoms. The first-order valence-electron chi connectivity index (χ1n) is 5.77. The summed E-state index contributed by atoms with van der Waals surface area (Å²) in [5, 5.41) is 0. The van der Waals surface area contributed by atoms with Gasteiger partial charge in [0.1, 0.15) is 5.60 Å². The lowest BCUT2D eigenvalue weighted by Crippen LogP contribution is -2.37. The molecule has 1 nitrogen and oxygen atoms in total. The third kappa shape index (κ3) is 4.99. The van der Waals surface area contributed by atoms with E-state index in [1.165, 1.54) is 6.07 Å². The minimum absolute atomic E-state index is 0.446. The van der Waals surface area contributed by atoms with Crippen LogP contribution in [0.15, 0.2) is 18.2 Å². The van der Waals surface area contributed by atoms with Gasteiger partial charge in [-0.3, -0.25) is 0 Å². The molecule has 0 amide bonds. The summed E-state index contributed by atoms with van der Waals surface area (Å²) in [6, 6.07) is 3.62. The van der Waals surface area contributed by atoms with Gasteiger partial charge in [-0.25, -0.2) is 8.78 Å². The summed E-state index contributed by atoms with van der Waals surface area (Å²) in [5.41, 5.74) is -0.142. The highest BCUT2D eigenvalue weighted by molar-refractivity contribution is 6.69. The average molecular weight is 268 g/mol. The summed E-state index contributed by atoms with van der Waals surface area (Å²) in [7, 11) is -1.69. The van der Waals surface area contributed by atoms with Gasteiger partial charge in [0, 0.05) is 5.56 Å². The smallest absolute Gasteiger partial charge is 0.185 e. The molecule has 18 heavy (non-hydrogen) atoms. The molecule has 0 saturated heterocycles. The number of hydrogen-bond acceptors (Lipinski definition) is 1. The van der Waals surface area contributed by atoms with E-state index >= 15 is 0 Å². The standard InChI is InChI=1S/C14H18F2OSi/c1-14(2,17-18(3,4)5)9-8-11-6-7-12(15)13(16)10-11/h6-7,10H,1-5H3. The first-order valence-corrected chi connectivity index (χ1v) is 9.18. The second-order valence-electron chi connectivity index (χ2n) is 5.60. The summed E-state index contributed by atoms with van der Waals surface area (Å²) >= 11 is 0. The molecule has 0 heterocycles. The summed E-state index contributed by atoms with van der Waals surface area (Å²) in [4.78, 5) is 0. The first kappa shape index (κ1) is 14.9. The Morgan fingerprint density at radius 2 is 1.72 bits per heavy atom. The van der Waals surface area contributed by atoms with Crippen LogP contribution < -0.4 is 0 Å². The van der Waals surface area contributed by atoms with E-state index in [9.17, 15) is 8.78 Å². The predicted molar refractivity (Wildman–Crippen MR) is 71.7 cm³/mol. The quantitative estimate of drug-likeness (QED) is 0.583. The molecule has 0 unspecified atom stereocenters. The van der Waals surface area contributed by atoms with Crippen molar-refractivity contribution in [1.82, 2.24) is 0 Å². The maximum absolute atomic E-state index is 13.0. The summed E-state index contributed by atoms with van der Waals surface area (Å²) < 4.78 is 31.7. The number of hydrogen-bond donors (Lipinski definition) is 0. The highest BCUT2D eigenvalue weighted by atomic mass is 28.4. The molecule has 1 rings (SSSR count). The van der Waals surface area contributed by atoms with Crippen LogP contribution in [-0.2, 0) is 4.43 Å². The van der Waals surface area contributed by atoms with Crippen molar-refractivity contribution in [3.63, 3.8) is 0 Å². The Balaban J connectivity index is 2.90. The molecule has 0 fully saturated rings. The second kappa shape index (κ2) is 5.21. The molecule has 0 aromatic heterocycles. The molecule has 0 aliphatic rings.